The SMILES string of the molecule is N#Cc1cn(C(Cl)(Cl)Cl)cc1-c1ccccn1. The van der Waals surface area contributed by atoms with Gasteiger partial charge < -0.3 is 4.57 Å². The Kier molecular flexibility index (Phi) is 3.30. The number of aromatic nitrogens is 2. The quantitative estimate of drug-likeness (QED) is 0.750. The van der Waals surface area contributed by atoms with E-state index in [0.717, 1.165) is 0 Å². The van der Waals surface area contributed by atoms with Crippen LogP contribution in [0.1, 0.15) is 5.56 Å². The summed E-state index contributed by atoms with van der Waals surface area (Å²) in [5, 5.41) is 9.04. The minimum absolute atomic E-state index is 0.412. The molecule has 2 aromatic heterocycles. The van der Waals surface area contributed by atoms with Gasteiger partial charge in [-0.1, -0.05) is 40.9 Å². The van der Waals surface area contributed by atoms with E-state index in [2.05, 4.69) is 4.98 Å². The van der Waals surface area contributed by atoms with E-state index in [-0.39, 0.29) is 0 Å². The minimum atomic E-state index is -1.61. The molecule has 6 heteroatoms. The summed E-state index contributed by atoms with van der Waals surface area (Å²) in [5.41, 5.74) is 1.71. The van der Waals surface area contributed by atoms with Crippen LogP contribution in [0.3, 0.4) is 0 Å². The zero-order valence-corrected chi connectivity index (χ0v) is 10.7. The molecule has 0 N–H and O–H groups in total. The van der Waals surface area contributed by atoms with Gasteiger partial charge >= 0.3 is 0 Å². The lowest BCUT2D eigenvalue weighted by atomic mass is 10.1. The summed E-state index contributed by atoms with van der Waals surface area (Å²) in [6.07, 6.45) is 4.72. The molecular weight excluding hydrogens is 281 g/mol. The zero-order chi connectivity index (χ0) is 12.5. The third-order valence-corrected chi connectivity index (χ3v) is 2.77. The zero-order valence-electron chi connectivity index (χ0n) is 8.44. The van der Waals surface area contributed by atoms with E-state index in [9.17, 15) is 0 Å². The molecular formula is C11H6Cl3N3. The molecule has 86 valence electrons. The summed E-state index contributed by atoms with van der Waals surface area (Å²) < 4.78 is -0.265. The molecule has 0 saturated carbocycles. The Labute approximate surface area is 113 Å². The second-order valence-electron chi connectivity index (χ2n) is 3.29. The largest absolute Gasteiger partial charge is 0.308 e. The van der Waals surface area contributed by atoms with Crippen LogP contribution in [0.25, 0.3) is 11.3 Å². The van der Waals surface area contributed by atoms with Crippen molar-refractivity contribution in [3.63, 3.8) is 0 Å². The van der Waals surface area contributed by atoms with Gasteiger partial charge in [-0.25, -0.2) is 0 Å². The highest BCUT2D eigenvalue weighted by atomic mass is 35.6. The number of pyridine rings is 1. The number of rotatable bonds is 1. The fourth-order valence-corrected chi connectivity index (χ4v) is 1.71. The molecule has 2 rings (SSSR count). The van der Waals surface area contributed by atoms with Crippen LogP contribution in [0.15, 0.2) is 36.8 Å². The summed E-state index contributed by atoms with van der Waals surface area (Å²) in [4.78, 5) is 4.16. The molecule has 0 aliphatic rings. The second kappa shape index (κ2) is 4.58. The molecule has 0 amide bonds. The Balaban J connectivity index is 2.56. The van der Waals surface area contributed by atoms with Crippen molar-refractivity contribution in [1.82, 2.24) is 9.55 Å². The molecule has 0 aromatic carbocycles. The molecule has 0 saturated heterocycles. The highest BCUT2D eigenvalue weighted by Gasteiger charge is 2.24. The van der Waals surface area contributed by atoms with Crippen LogP contribution >= 0.6 is 34.8 Å². The number of nitriles is 1. The highest BCUT2D eigenvalue weighted by Crippen LogP contribution is 2.35. The number of hydrogen-bond donors (Lipinski definition) is 0. The summed E-state index contributed by atoms with van der Waals surface area (Å²) in [6, 6.07) is 7.46. The summed E-state index contributed by atoms with van der Waals surface area (Å²) in [5.74, 6) is 0. The van der Waals surface area contributed by atoms with Crippen LogP contribution in [-0.2, 0) is 3.92 Å². The molecule has 0 radical (unpaired) electrons. The lowest BCUT2D eigenvalue weighted by Crippen LogP contribution is -2.09. The van der Waals surface area contributed by atoms with Gasteiger partial charge in [-0.15, -0.1) is 0 Å². The minimum Gasteiger partial charge on any atom is -0.308 e. The van der Waals surface area contributed by atoms with Gasteiger partial charge in [0.25, 0.3) is 3.92 Å². The van der Waals surface area contributed by atoms with Gasteiger partial charge in [0.1, 0.15) is 6.07 Å². The van der Waals surface area contributed by atoms with E-state index in [0.29, 0.717) is 16.8 Å². The first-order valence-corrected chi connectivity index (χ1v) is 5.76. The first-order valence-electron chi connectivity index (χ1n) is 4.63. The van der Waals surface area contributed by atoms with Crippen LogP contribution in [0.5, 0.6) is 0 Å². The fourth-order valence-electron chi connectivity index (χ4n) is 1.42. The molecule has 0 unspecified atom stereocenters. The van der Waals surface area contributed by atoms with Crippen LogP contribution in [0, 0.1) is 11.3 Å². The predicted octanol–water partition coefficient (Wildman–Crippen LogP) is 3.71. The third-order valence-electron chi connectivity index (χ3n) is 2.18. The Morgan fingerprint density at radius 1 is 1.24 bits per heavy atom. The van der Waals surface area contributed by atoms with Crippen LogP contribution in [-0.4, -0.2) is 9.55 Å². The first-order chi connectivity index (χ1) is 8.02. The van der Waals surface area contributed by atoms with Crippen LogP contribution in [0.2, 0.25) is 0 Å². The van der Waals surface area contributed by atoms with E-state index in [1.807, 2.05) is 12.1 Å². The number of nitrogens with zero attached hydrogens (tertiary/aromatic N) is 3. The van der Waals surface area contributed by atoms with Crippen molar-refractivity contribution >= 4 is 34.8 Å². The maximum Gasteiger partial charge on any atom is 0.271 e. The molecule has 0 fully saturated rings. The molecule has 0 aliphatic carbocycles. The summed E-state index contributed by atoms with van der Waals surface area (Å²) >= 11 is 17.3. The van der Waals surface area contributed by atoms with E-state index >= 15 is 0 Å². The van der Waals surface area contributed by atoms with Gasteiger partial charge in [-0.3, -0.25) is 4.98 Å². The van der Waals surface area contributed by atoms with E-state index in [4.69, 9.17) is 40.1 Å². The molecule has 3 nitrogen and oxygen atoms in total. The van der Waals surface area contributed by atoms with Gasteiger partial charge in [0, 0.05) is 24.2 Å². The summed E-state index contributed by atoms with van der Waals surface area (Å²) in [6.45, 7) is 0. The normalized spacial score (nSPS) is 11.2. The van der Waals surface area contributed by atoms with Crippen molar-refractivity contribution in [3.05, 3.63) is 42.4 Å². The van der Waals surface area contributed by atoms with Crippen LogP contribution in [0.4, 0.5) is 0 Å². The molecule has 0 bridgehead atoms. The molecule has 0 spiro atoms. The van der Waals surface area contributed by atoms with E-state index in [1.165, 1.54) is 10.8 Å². The van der Waals surface area contributed by atoms with Gasteiger partial charge in [0.2, 0.25) is 0 Å². The van der Waals surface area contributed by atoms with Crippen molar-refractivity contribution in [1.29, 1.82) is 5.26 Å². The van der Waals surface area contributed by atoms with Crippen molar-refractivity contribution in [2.24, 2.45) is 0 Å². The Bertz CT molecular complexity index is 564. The third kappa shape index (κ3) is 2.55. The number of alkyl halides is 3. The molecule has 0 aliphatic heterocycles. The highest BCUT2D eigenvalue weighted by molar-refractivity contribution is 6.64. The maximum atomic E-state index is 9.04. The first kappa shape index (κ1) is 12.3. The maximum absolute atomic E-state index is 9.04. The molecule has 2 heterocycles. The number of halogens is 3. The van der Waals surface area contributed by atoms with E-state index in [1.54, 1.807) is 24.5 Å². The lowest BCUT2D eigenvalue weighted by molar-refractivity contribution is 0.795. The average molecular weight is 287 g/mol. The number of hydrogen-bond acceptors (Lipinski definition) is 2. The van der Waals surface area contributed by atoms with E-state index < -0.39 is 3.92 Å². The fraction of sp³-hybridized carbons (Fsp3) is 0.0909. The van der Waals surface area contributed by atoms with Gasteiger partial charge in [-0.05, 0) is 12.1 Å². The van der Waals surface area contributed by atoms with Gasteiger partial charge in [0.15, 0.2) is 0 Å². The van der Waals surface area contributed by atoms with Crippen molar-refractivity contribution < 1.29 is 0 Å². The predicted molar refractivity (Wildman–Crippen MR) is 67.9 cm³/mol. The van der Waals surface area contributed by atoms with Crippen molar-refractivity contribution in [3.8, 4) is 17.3 Å². The van der Waals surface area contributed by atoms with Gasteiger partial charge in [0.05, 0.1) is 11.3 Å². The molecule has 17 heavy (non-hydrogen) atoms. The molecule has 2 aromatic rings. The Morgan fingerprint density at radius 3 is 2.53 bits per heavy atom. The van der Waals surface area contributed by atoms with Crippen LogP contribution < -0.4 is 0 Å². The average Bonchev–Trinajstić information content (AvgIpc) is 2.73. The topological polar surface area (TPSA) is 41.6 Å². The molecule has 0 atom stereocenters. The van der Waals surface area contributed by atoms with Crippen molar-refractivity contribution in [2.75, 3.05) is 0 Å². The second-order valence-corrected chi connectivity index (χ2v) is 5.51. The van der Waals surface area contributed by atoms with Crippen molar-refractivity contribution in [2.45, 2.75) is 3.92 Å². The monoisotopic (exact) mass is 285 g/mol. The summed E-state index contributed by atoms with van der Waals surface area (Å²) in [7, 11) is 0. The Hall–Kier alpha value is -1.21. The standard InChI is InChI=1S/C11H6Cl3N3/c12-11(13,14)17-6-8(5-15)9(7-17)10-3-1-2-4-16-10/h1-4,6-7H. The smallest absolute Gasteiger partial charge is 0.271 e. The lowest BCUT2D eigenvalue weighted by Gasteiger charge is -2.11. The Morgan fingerprint density at radius 2 is 2.00 bits per heavy atom. The van der Waals surface area contributed by atoms with Gasteiger partial charge in [-0.2, -0.15) is 5.26 Å².